The minimum absolute atomic E-state index is 0.631. The van der Waals surface area contributed by atoms with E-state index in [9.17, 15) is 0 Å². The molecule has 3 heteroatoms. The second kappa shape index (κ2) is 3.97. The van der Waals surface area contributed by atoms with Crippen LogP contribution in [0.2, 0.25) is 0 Å². The molecule has 1 N–H and O–H groups in total. The van der Waals surface area contributed by atoms with E-state index in [1.54, 1.807) is 0 Å². The molecule has 1 aliphatic carbocycles. The molecule has 0 aromatic carbocycles. The highest BCUT2D eigenvalue weighted by Crippen LogP contribution is 2.34. The van der Waals surface area contributed by atoms with Crippen LogP contribution in [0.4, 0.5) is 0 Å². The predicted molar refractivity (Wildman–Crippen MR) is 67.3 cm³/mol. The molecule has 2 aromatic rings. The normalized spacial score (nSPS) is 18.0. The highest BCUT2D eigenvalue weighted by Gasteiger charge is 2.20. The lowest BCUT2D eigenvalue weighted by Crippen LogP contribution is -2.15. The van der Waals surface area contributed by atoms with Gasteiger partial charge in [-0.05, 0) is 42.0 Å². The Morgan fingerprint density at radius 3 is 2.88 bits per heavy atom. The Labute approximate surface area is 96.9 Å². The van der Waals surface area contributed by atoms with Crippen molar-refractivity contribution in [2.75, 3.05) is 0 Å². The summed E-state index contributed by atoms with van der Waals surface area (Å²) in [7, 11) is 6.09. The average Bonchev–Trinajstić information content (AvgIpc) is 2.66. The molecule has 2 heterocycles. The van der Waals surface area contributed by atoms with E-state index in [1.165, 1.54) is 43.1 Å². The first-order valence-corrected chi connectivity index (χ1v) is 6.08. The van der Waals surface area contributed by atoms with Crippen LogP contribution in [-0.2, 0) is 0 Å². The molecule has 0 bridgehead atoms. The summed E-state index contributed by atoms with van der Waals surface area (Å²) in [5.41, 5.74) is 3.06. The topological polar surface area (TPSA) is 28.7 Å². The quantitative estimate of drug-likeness (QED) is 0.719. The van der Waals surface area contributed by atoms with Crippen LogP contribution in [0.1, 0.15) is 43.6 Å². The van der Waals surface area contributed by atoms with E-state index in [0.717, 1.165) is 11.2 Å². The van der Waals surface area contributed by atoms with Gasteiger partial charge in [0.1, 0.15) is 13.5 Å². The van der Waals surface area contributed by atoms with Crippen molar-refractivity contribution in [1.29, 1.82) is 0 Å². The SMILES string of the molecule is [B]c1[nH]c2ncccc2c1C1CCCCC1. The minimum Gasteiger partial charge on any atom is -0.353 e. The molecule has 80 valence electrons. The molecule has 2 radical (unpaired) electrons. The Morgan fingerprint density at radius 1 is 1.25 bits per heavy atom. The molecule has 1 aliphatic rings. The molecule has 1 fully saturated rings. The zero-order chi connectivity index (χ0) is 11.0. The van der Waals surface area contributed by atoms with E-state index in [1.807, 2.05) is 12.3 Å². The average molecular weight is 210 g/mol. The third kappa shape index (κ3) is 1.55. The van der Waals surface area contributed by atoms with Crippen LogP contribution < -0.4 is 5.59 Å². The van der Waals surface area contributed by atoms with Crippen LogP contribution in [-0.4, -0.2) is 17.8 Å². The summed E-state index contributed by atoms with van der Waals surface area (Å²) in [5.74, 6) is 0.631. The van der Waals surface area contributed by atoms with Gasteiger partial charge < -0.3 is 4.98 Å². The maximum absolute atomic E-state index is 6.09. The smallest absolute Gasteiger partial charge is 0.138 e. The second-order valence-electron chi connectivity index (χ2n) is 4.69. The van der Waals surface area contributed by atoms with Gasteiger partial charge in [0.05, 0.1) is 0 Å². The Kier molecular flexibility index (Phi) is 2.46. The van der Waals surface area contributed by atoms with Crippen molar-refractivity contribution >= 4 is 24.5 Å². The van der Waals surface area contributed by atoms with Gasteiger partial charge >= 0.3 is 0 Å². The number of rotatable bonds is 1. The Hall–Kier alpha value is -1.25. The fraction of sp³-hybridized carbons (Fsp3) is 0.462. The first-order valence-electron chi connectivity index (χ1n) is 6.08. The third-order valence-electron chi connectivity index (χ3n) is 3.65. The van der Waals surface area contributed by atoms with Crippen LogP contribution >= 0.6 is 0 Å². The molecule has 0 atom stereocenters. The summed E-state index contributed by atoms with van der Waals surface area (Å²) >= 11 is 0. The monoisotopic (exact) mass is 210 g/mol. The van der Waals surface area contributed by atoms with E-state index in [2.05, 4.69) is 16.0 Å². The second-order valence-corrected chi connectivity index (χ2v) is 4.69. The highest BCUT2D eigenvalue weighted by atomic mass is 14.8. The zero-order valence-corrected chi connectivity index (χ0v) is 9.37. The zero-order valence-electron chi connectivity index (χ0n) is 9.37. The number of nitrogens with zero attached hydrogens (tertiary/aromatic N) is 1. The summed E-state index contributed by atoms with van der Waals surface area (Å²) in [6, 6.07) is 4.11. The number of nitrogens with one attached hydrogen (secondary N) is 1. The summed E-state index contributed by atoms with van der Waals surface area (Å²) in [6.45, 7) is 0. The molecule has 0 unspecified atom stereocenters. The van der Waals surface area contributed by atoms with Crippen molar-refractivity contribution in [3.8, 4) is 0 Å². The van der Waals surface area contributed by atoms with Gasteiger partial charge in [0.25, 0.3) is 0 Å². The van der Waals surface area contributed by atoms with Gasteiger partial charge in [-0.2, -0.15) is 0 Å². The summed E-state index contributed by atoms with van der Waals surface area (Å²) < 4.78 is 0. The number of aromatic nitrogens is 2. The summed E-state index contributed by atoms with van der Waals surface area (Å²) in [4.78, 5) is 7.51. The van der Waals surface area contributed by atoms with E-state index in [0.29, 0.717) is 5.92 Å². The van der Waals surface area contributed by atoms with E-state index < -0.39 is 0 Å². The lowest BCUT2D eigenvalue weighted by Gasteiger charge is -2.22. The number of fused-ring (bicyclic) bond motifs is 1. The Balaban J connectivity index is 2.10. The number of hydrogen-bond donors (Lipinski definition) is 1. The summed E-state index contributed by atoms with van der Waals surface area (Å²) in [5, 5.41) is 1.21. The molecule has 3 rings (SSSR count). The summed E-state index contributed by atoms with van der Waals surface area (Å²) in [6.07, 6.45) is 8.38. The maximum Gasteiger partial charge on any atom is 0.138 e. The Morgan fingerprint density at radius 2 is 2.06 bits per heavy atom. The van der Waals surface area contributed by atoms with Crippen LogP contribution in [0, 0.1) is 0 Å². The van der Waals surface area contributed by atoms with E-state index in [4.69, 9.17) is 7.85 Å². The van der Waals surface area contributed by atoms with Crippen LogP contribution in [0.3, 0.4) is 0 Å². The molecule has 2 nitrogen and oxygen atoms in total. The largest absolute Gasteiger partial charge is 0.353 e. The number of pyridine rings is 1. The fourth-order valence-electron chi connectivity index (χ4n) is 2.89. The van der Waals surface area contributed by atoms with Gasteiger partial charge in [-0.25, -0.2) is 4.98 Å². The molecule has 2 aromatic heterocycles. The lowest BCUT2D eigenvalue weighted by atomic mass is 9.80. The molecule has 0 amide bonds. The molecule has 0 saturated heterocycles. The molecule has 0 aliphatic heterocycles. The van der Waals surface area contributed by atoms with Crippen molar-refractivity contribution in [3.05, 3.63) is 23.9 Å². The number of hydrogen-bond acceptors (Lipinski definition) is 1. The fourth-order valence-corrected chi connectivity index (χ4v) is 2.89. The third-order valence-corrected chi connectivity index (χ3v) is 3.65. The van der Waals surface area contributed by atoms with Gasteiger partial charge in [-0.1, -0.05) is 19.3 Å². The molecule has 16 heavy (non-hydrogen) atoms. The number of H-pyrrole nitrogens is 1. The van der Waals surface area contributed by atoms with Gasteiger partial charge in [0, 0.05) is 11.6 Å². The molecular weight excluding hydrogens is 195 g/mol. The van der Waals surface area contributed by atoms with Gasteiger partial charge in [-0.15, -0.1) is 0 Å². The van der Waals surface area contributed by atoms with Crippen molar-refractivity contribution in [2.45, 2.75) is 38.0 Å². The Bertz CT molecular complexity index is 498. The lowest BCUT2D eigenvalue weighted by molar-refractivity contribution is 0.447. The van der Waals surface area contributed by atoms with Crippen LogP contribution in [0.5, 0.6) is 0 Å². The first kappa shape index (κ1) is 9.94. The van der Waals surface area contributed by atoms with Gasteiger partial charge in [0.15, 0.2) is 0 Å². The van der Waals surface area contributed by atoms with Crippen LogP contribution in [0.15, 0.2) is 18.3 Å². The van der Waals surface area contributed by atoms with Crippen molar-refractivity contribution in [1.82, 2.24) is 9.97 Å². The van der Waals surface area contributed by atoms with Crippen molar-refractivity contribution in [2.24, 2.45) is 0 Å². The van der Waals surface area contributed by atoms with E-state index >= 15 is 0 Å². The van der Waals surface area contributed by atoms with Crippen LogP contribution in [0.25, 0.3) is 11.0 Å². The maximum atomic E-state index is 6.09. The molecule has 1 saturated carbocycles. The molecule has 0 spiro atoms. The minimum atomic E-state index is 0.631. The predicted octanol–water partition coefficient (Wildman–Crippen LogP) is 2.40. The van der Waals surface area contributed by atoms with Crippen molar-refractivity contribution in [3.63, 3.8) is 0 Å². The molecular formula is C13H15BN2. The van der Waals surface area contributed by atoms with Gasteiger partial charge in [-0.3, -0.25) is 0 Å². The van der Waals surface area contributed by atoms with E-state index in [-0.39, 0.29) is 0 Å². The number of aromatic amines is 1. The van der Waals surface area contributed by atoms with Crippen molar-refractivity contribution < 1.29 is 0 Å². The standard InChI is InChI=1S/C13H15BN2/c14-12-11(9-5-2-1-3-6-9)10-7-4-8-15-13(10)16-12/h4,7-9H,1-3,5-6H2,(H,15,16). The first-order chi connectivity index (χ1) is 7.86. The highest BCUT2D eigenvalue weighted by molar-refractivity contribution is 6.33. The van der Waals surface area contributed by atoms with Gasteiger partial charge in [0.2, 0.25) is 0 Å².